The second-order valence-corrected chi connectivity index (χ2v) is 10.8. The number of sulfonamides is 1. The molecule has 184 valence electrons. The van der Waals surface area contributed by atoms with Crippen LogP contribution in [0.25, 0.3) is 11.4 Å². The van der Waals surface area contributed by atoms with Crippen molar-refractivity contribution < 1.29 is 17.7 Å². The lowest BCUT2D eigenvalue weighted by Gasteiger charge is -2.33. The fourth-order valence-electron chi connectivity index (χ4n) is 4.25. The van der Waals surface area contributed by atoms with Gasteiger partial charge in [0.1, 0.15) is 6.54 Å². The molecular formula is C26H30N4O4S. The van der Waals surface area contributed by atoms with Gasteiger partial charge in [-0.2, -0.15) is 9.29 Å². The van der Waals surface area contributed by atoms with Crippen molar-refractivity contribution >= 4 is 15.9 Å². The Bertz CT molecular complexity index is 1300. The van der Waals surface area contributed by atoms with Gasteiger partial charge in [-0.25, -0.2) is 8.42 Å². The van der Waals surface area contributed by atoms with Crippen LogP contribution in [0.2, 0.25) is 0 Å². The number of nitrogens with zero attached hydrogens (tertiary/aromatic N) is 4. The molecule has 0 N–H and O–H groups in total. The number of piperidine rings is 1. The van der Waals surface area contributed by atoms with Gasteiger partial charge in [0, 0.05) is 25.2 Å². The van der Waals surface area contributed by atoms with E-state index in [1.165, 1.54) is 4.31 Å². The van der Waals surface area contributed by atoms with Gasteiger partial charge >= 0.3 is 0 Å². The van der Waals surface area contributed by atoms with Gasteiger partial charge in [-0.3, -0.25) is 4.79 Å². The summed E-state index contributed by atoms with van der Waals surface area (Å²) in [6, 6.07) is 14.6. The number of aryl methyl sites for hydroxylation is 2. The highest BCUT2D eigenvalue weighted by molar-refractivity contribution is 7.89. The molecule has 0 saturated carbocycles. The lowest BCUT2D eigenvalue weighted by Crippen LogP contribution is -2.46. The molecule has 0 radical (unpaired) electrons. The maximum absolute atomic E-state index is 13.4. The van der Waals surface area contributed by atoms with Gasteiger partial charge < -0.3 is 9.42 Å². The summed E-state index contributed by atoms with van der Waals surface area (Å²) < 4.78 is 33.2. The van der Waals surface area contributed by atoms with Gasteiger partial charge in [0.2, 0.25) is 27.6 Å². The largest absolute Gasteiger partial charge is 0.337 e. The summed E-state index contributed by atoms with van der Waals surface area (Å²) >= 11 is 0. The summed E-state index contributed by atoms with van der Waals surface area (Å²) in [5.41, 5.74) is 2.91. The molecular weight excluding hydrogens is 464 g/mol. The number of aromatic nitrogens is 2. The minimum Gasteiger partial charge on any atom is -0.337 e. The summed E-state index contributed by atoms with van der Waals surface area (Å²) in [6.07, 6.45) is 2.87. The van der Waals surface area contributed by atoms with Crippen LogP contribution in [0.5, 0.6) is 0 Å². The molecule has 8 nitrogen and oxygen atoms in total. The number of hydrogen-bond donors (Lipinski definition) is 0. The maximum Gasteiger partial charge on any atom is 0.246 e. The molecule has 2 aromatic carbocycles. The highest BCUT2D eigenvalue weighted by atomic mass is 32.2. The van der Waals surface area contributed by atoms with Crippen molar-refractivity contribution in [3.63, 3.8) is 0 Å². The predicted molar refractivity (Wildman–Crippen MR) is 133 cm³/mol. The van der Waals surface area contributed by atoms with Crippen LogP contribution in [-0.4, -0.2) is 53.3 Å². The zero-order chi connectivity index (χ0) is 25.0. The SMILES string of the molecule is C=CCN(Cc1nc(-c2cccc(C)c2)no1)C(=O)[C@H]1CCCN(S(=O)(=O)c2ccc(C)cc2)C1. The average Bonchev–Trinajstić information content (AvgIpc) is 3.32. The van der Waals surface area contributed by atoms with E-state index in [0.717, 1.165) is 16.7 Å². The minimum atomic E-state index is -3.67. The third kappa shape index (κ3) is 5.68. The third-order valence-corrected chi connectivity index (χ3v) is 8.00. The Morgan fingerprint density at radius 3 is 2.69 bits per heavy atom. The number of carbonyl (C=O) groups excluding carboxylic acids is 1. The van der Waals surface area contributed by atoms with Crippen LogP contribution in [0.4, 0.5) is 0 Å². The molecule has 1 aliphatic heterocycles. The van der Waals surface area contributed by atoms with E-state index in [9.17, 15) is 13.2 Å². The summed E-state index contributed by atoms with van der Waals surface area (Å²) in [4.78, 5) is 19.7. The van der Waals surface area contributed by atoms with E-state index in [-0.39, 0.29) is 23.9 Å². The molecule has 0 aliphatic carbocycles. The first-order chi connectivity index (χ1) is 16.8. The second-order valence-electron chi connectivity index (χ2n) is 8.90. The first-order valence-corrected chi connectivity index (χ1v) is 13.1. The molecule has 1 atom stereocenters. The molecule has 9 heteroatoms. The third-order valence-electron chi connectivity index (χ3n) is 6.12. The molecule has 2 heterocycles. The van der Waals surface area contributed by atoms with Crippen molar-refractivity contribution in [1.29, 1.82) is 0 Å². The van der Waals surface area contributed by atoms with E-state index in [4.69, 9.17) is 4.52 Å². The molecule has 4 rings (SSSR count). The lowest BCUT2D eigenvalue weighted by atomic mass is 9.98. The Morgan fingerprint density at radius 2 is 1.97 bits per heavy atom. The average molecular weight is 495 g/mol. The molecule has 1 aliphatic rings. The van der Waals surface area contributed by atoms with Gasteiger partial charge in [-0.05, 0) is 44.9 Å². The van der Waals surface area contributed by atoms with Gasteiger partial charge in [0.25, 0.3) is 0 Å². The molecule has 0 unspecified atom stereocenters. The van der Waals surface area contributed by atoms with Gasteiger partial charge in [0.05, 0.1) is 10.8 Å². The number of hydrogen-bond acceptors (Lipinski definition) is 6. The van der Waals surface area contributed by atoms with E-state index >= 15 is 0 Å². The molecule has 3 aromatic rings. The number of carbonyl (C=O) groups is 1. The van der Waals surface area contributed by atoms with E-state index in [1.54, 1.807) is 35.2 Å². The van der Waals surface area contributed by atoms with E-state index in [0.29, 0.717) is 37.6 Å². The van der Waals surface area contributed by atoms with Gasteiger partial charge in [-0.15, -0.1) is 6.58 Å². The van der Waals surface area contributed by atoms with Crippen molar-refractivity contribution in [3.8, 4) is 11.4 Å². The number of rotatable bonds is 8. The Balaban J connectivity index is 1.48. The molecule has 1 saturated heterocycles. The highest BCUT2D eigenvalue weighted by Crippen LogP contribution is 2.26. The second kappa shape index (κ2) is 10.5. The summed E-state index contributed by atoms with van der Waals surface area (Å²) in [5.74, 6) is 0.173. The summed E-state index contributed by atoms with van der Waals surface area (Å²) in [5, 5.41) is 4.06. The molecule has 1 amide bonds. The standard InChI is InChI=1S/C26H30N4O4S/c1-4-14-29(18-24-27-25(28-34-24)21-8-5-7-20(3)16-21)26(31)22-9-6-15-30(17-22)35(32,33)23-12-10-19(2)11-13-23/h4-5,7-8,10-13,16,22H,1,6,9,14-15,17-18H2,2-3H3/t22-/m0/s1. The normalized spacial score (nSPS) is 16.7. The van der Waals surface area contributed by atoms with E-state index < -0.39 is 15.9 Å². The highest BCUT2D eigenvalue weighted by Gasteiger charge is 2.35. The first-order valence-electron chi connectivity index (χ1n) is 11.6. The molecule has 0 bridgehead atoms. The minimum absolute atomic E-state index is 0.130. The van der Waals surface area contributed by atoms with Crippen molar-refractivity contribution in [1.82, 2.24) is 19.3 Å². The quantitative estimate of drug-likeness (QED) is 0.440. The van der Waals surface area contributed by atoms with Gasteiger partial charge in [-0.1, -0.05) is 52.7 Å². The molecule has 0 spiro atoms. The van der Waals surface area contributed by atoms with Crippen molar-refractivity contribution in [2.45, 2.75) is 38.1 Å². The summed E-state index contributed by atoms with van der Waals surface area (Å²) in [6.45, 7) is 8.62. The van der Waals surface area contributed by atoms with E-state index in [1.807, 2.05) is 38.1 Å². The Kier molecular flexibility index (Phi) is 7.47. The monoisotopic (exact) mass is 494 g/mol. The van der Waals surface area contributed by atoms with Crippen LogP contribution in [0, 0.1) is 19.8 Å². The maximum atomic E-state index is 13.4. The molecule has 1 fully saturated rings. The lowest BCUT2D eigenvalue weighted by molar-refractivity contribution is -0.137. The van der Waals surface area contributed by atoms with Crippen LogP contribution in [0.3, 0.4) is 0 Å². The zero-order valence-corrected chi connectivity index (χ0v) is 20.9. The van der Waals surface area contributed by atoms with Crippen LogP contribution in [-0.2, 0) is 21.4 Å². The van der Waals surface area contributed by atoms with Crippen LogP contribution in [0.15, 0.2) is 70.6 Å². The Labute approximate surface area is 206 Å². The van der Waals surface area contributed by atoms with Crippen molar-refractivity contribution in [2.75, 3.05) is 19.6 Å². The molecule has 1 aromatic heterocycles. The van der Waals surface area contributed by atoms with Crippen LogP contribution >= 0.6 is 0 Å². The van der Waals surface area contributed by atoms with Crippen LogP contribution in [0.1, 0.15) is 29.9 Å². The zero-order valence-electron chi connectivity index (χ0n) is 20.1. The van der Waals surface area contributed by atoms with Crippen molar-refractivity contribution in [2.24, 2.45) is 5.92 Å². The Hall–Kier alpha value is -3.30. The smallest absolute Gasteiger partial charge is 0.246 e. The van der Waals surface area contributed by atoms with Crippen molar-refractivity contribution in [3.05, 3.63) is 78.2 Å². The molecule has 35 heavy (non-hydrogen) atoms. The van der Waals surface area contributed by atoms with E-state index in [2.05, 4.69) is 16.7 Å². The van der Waals surface area contributed by atoms with Gasteiger partial charge in [0.15, 0.2) is 0 Å². The fraction of sp³-hybridized carbons (Fsp3) is 0.346. The number of amides is 1. The first kappa shape index (κ1) is 24.8. The summed E-state index contributed by atoms with van der Waals surface area (Å²) in [7, 11) is -3.67. The van der Waals surface area contributed by atoms with Crippen LogP contribution < -0.4 is 0 Å². The predicted octanol–water partition coefficient (Wildman–Crippen LogP) is 3.97. The Morgan fingerprint density at radius 1 is 1.20 bits per heavy atom. The fourth-order valence-corrected chi connectivity index (χ4v) is 5.78. The topological polar surface area (TPSA) is 96.6 Å². The number of benzene rings is 2.